The van der Waals surface area contributed by atoms with Gasteiger partial charge in [0.05, 0.1) is 24.8 Å². The average Bonchev–Trinajstić information content (AvgIpc) is 2.67. The fourth-order valence-corrected chi connectivity index (χ4v) is 2.63. The highest BCUT2D eigenvalue weighted by atomic mass is 19.1. The van der Waals surface area contributed by atoms with Gasteiger partial charge in [-0.25, -0.2) is 4.98 Å². The molecule has 0 aliphatic rings. The van der Waals surface area contributed by atoms with Crippen molar-refractivity contribution in [3.05, 3.63) is 35.5 Å². The van der Waals surface area contributed by atoms with E-state index in [9.17, 15) is 9.18 Å². The molecule has 0 amide bonds. The maximum absolute atomic E-state index is 12.9. The number of nitrogens with zero attached hydrogens (tertiary/aromatic N) is 2. The minimum absolute atomic E-state index is 0.0671. The number of aryl methyl sites for hydroxylation is 1. The Morgan fingerprint density at radius 1 is 1.21 bits per heavy atom. The van der Waals surface area contributed by atoms with Crippen LogP contribution in [0.4, 0.5) is 16.2 Å². The van der Waals surface area contributed by atoms with Crippen molar-refractivity contribution < 1.29 is 23.8 Å². The first-order valence-electron chi connectivity index (χ1n) is 9.00. The van der Waals surface area contributed by atoms with Crippen LogP contribution in [0.25, 0.3) is 0 Å². The molecule has 28 heavy (non-hydrogen) atoms. The van der Waals surface area contributed by atoms with Gasteiger partial charge in [-0.05, 0) is 24.5 Å². The van der Waals surface area contributed by atoms with Gasteiger partial charge in [0.15, 0.2) is 11.6 Å². The number of anilines is 2. The second-order valence-corrected chi connectivity index (χ2v) is 6.15. The van der Waals surface area contributed by atoms with E-state index in [-0.39, 0.29) is 18.2 Å². The molecule has 0 fully saturated rings. The van der Waals surface area contributed by atoms with E-state index in [4.69, 9.17) is 26.0 Å². The quantitative estimate of drug-likeness (QED) is 0.496. The van der Waals surface area contributed by atoms with Crippen LogP contribution in [0.3, 0.4) is 0 Å². The molecule has 0 radical (unpaired) electrons. The van der Waals surface area contributed by atoms with Crippen LogP contribution >= 0.6 is 0 Å². The number of halogens is 1. The van der Waals surface area contributed by atoms with E-state index in [0.717, 1.165) is 0 Å². The molecule has 0 bridgehead atoms. The number of ether oxygens (including phenoxy) is 2. The first-order valence-corrected chi connectivity index (χ1v) is 9.00. The van der Waals surface area contributed by atoms with Crippen molar-refractivity contribution in [2.75, 3.05) is 31.4 Å². The number of carboxylic acids is 1. The normalized spacial score (nSPS) is 11.8. The summed E-state index contributed by atoms with van der Waals surface area (Å²) < 4.78 is 24.3. The number of nitrogens with two attached hydrogens (primary N) is 2. The first kappa shape index (κ1) is 21.2. The fourth-order valence-electron chi connectivity index (χ4n) is 2.63. The summed E-state index contributed by atoms with van der Waals surface area (Å²) >= 11 is 0. The van der Waals surface area contributed by atoms with Gasteiger partial charge in [0.2, 0.25) is 5.95 Å². The highest BCUT2D eigenvalue weighted by Gasteiger charge is 2.19. The molecule has 0 spiro atoms. The average molecular weight is 392 g/mol. The predicted molar refractivity (Wildman–Crippen MR) is 103 cm³/mol. The third kappa shape index (κ3) is 5.70. The summed E-state index contributed by atoms with van der Waals surface area (Å²) in [6.45, 7) is 1.65. The molecule has 0 aliphatic carbocycles. The summed E-state index contributed by atoms with van der Waals surface area (Å²) in [4.78, 5) is 19.1. The zero-order valence-corrected chi connectivity index (χ0v) is 15.7. The smallest absolute Gasteiger partial charge is 0.309 e. The van der Waals surface area contributed by atoms with Crippen LogP contribution < -0.4 is 20.9 Å². The third-order valence-electron chi connectivity index (χ3n) is 4.08. The lowest BCUT2D eigenvalue weighted by molar-refractivity contribution is -0.142. The summed E-state index contributed by atoms with van der Waals surface area (Å²) in [5.74, 6) is -0.998. The second kappa shape index (κ2) is 10.3. The molecule has 152 valence electrons. The number of carbonyl (C=O) groups is 1. The predicted octanol–water partition coefficient (Wildman–Crippen LogP) is 2.26. The Kier molecular flexibility index (Phi) is 7.79. The van der Waals surface area contributed by atoms with E-state index >= 15 is 0 Å². The maximum Gasteiger partial charge on any atom is 0.309 e. The van der Waals surface area contributed by atoms with E-state index in [1.807, 2.05) is 6.92 Å². The molecule has 1 heterocycles. The molecule has 1 aromatic carbocycles. The molecule has 9 heteroatoms. The molecule has 8 nitrogen and oxygen atoms in total. The van der Waals surface area contributed by atoms with Gasteiger partial charge in [-0.2, -0.15) is 4.98 Å². The van der Waals surface area contributed by atoms with E-state index in [1.165, 1.54) is 0 Å². The van der Waals surface area contributed by atoms with E-state index in [2.05, 4.69) is 9.97 Å². The zero-order chi connectivity index (χ0) is 20.5. The zero-order valence-electron chi connectivity index (χ0n) is 15.7. The van der Waals surface area contributed by atoms with E-state index in [0.29, 0.717) is 48.8 Å². The molecule has 1 atom stereocenters. The van der Waals surface area contributed by atoms with Crippen molar-refractivity contribution >= 4 is 17.7 Å². The molecule has 2 rings (SSSR count). The highest BCUT2D eigenvalue weighted by molar-refractivity contribution is 5.70. The molecule has 1 aromatic heterocycles. The number of benzene rings is 1. The fraction of sp³-hybridized carbons (Fsp3) is 0.421. The molecular formula is C19H25FN4O4. The Bertz CT molecular complexity index is 803. The minimum Gasteiger partial charge on any atom is -0.493 e. The molecule has 0 unspecified atom stereocenters. The minimum atomic E-state index is -1.17. The third-order valence-corrected chi connectivity index (χ3v) is 4.08. The van der Waals surface area contributed by atoms with Crippen LogP contribution in [-0.2, 0) is 17.6 Å². The first-order chi connectivity index (χ1) is 13.5. The Hall–Kier alpha value is -3.10. The van der Waals surface area contributed by atoms with Crippen molar-refractivity contribution in [3.63, 3.8) is 0 Å². The van der Waals surface area contributed by atoms with Gasteiger partial charge in [-0.15, -0.1) is 0 Å². The SMILES string of the molecule is CCc1nc(N)nc(N)c1OCCCOc1ccccc1C[C@@H](CF)C(=O)O. The van der Waals surface area contributed by atoms with Crippen molar-refractivity contribution in [2.45, 2.75) is 26.2 Å². The van der Waals surface area contributed by atoms with Crippen molar-refractivity contribution in [3.8, 4) is 11.5 Å². The topological polar surface area (TPSA) is 134 Å². The molecular weight excluding hydrogens is 367 g/mol. The van der Waals surface area contributed by atoms with Crippen LogP contribution in [0.2, 0.25) is 0 Å². The Balaban J connectivity index is 1.89. The van der Waals surface area contributed by atoms with Crippen molar-refractivity contribution in [1.29, 1.82) is 0 Å². The Morgan fingerprint density at radius 3 is 2.61 bits per heavy atom. The van der Waals surface area contributed by atoms with Gasteiger partial charge < -0.3 is 26.0 Å². The lowest BCUT2D eigenvalue weighted by atomic mass is 10.00. The van der Waals surface area contributed by atoms with Gasteiger partial charge in [-0.1, -0.05) is 25.1 Å². The Morgan fingerprint density at radius 2 is 1.93 bits per heavy atom. The van der Waals surface area contributed by atoms with Crippen LogP contribution in [0, 0.1) is 5.92 Å². The van der Waals surface area contributed by atoms with Crippen LogP contribution in [0.15, 0.2) is 24.3 Å². The number of hydrogen-bond donors (Lipinski definition) is 3. The standard InChI is InChI=1S/C19H25FN4O4/c1-2-14-16(17(21)24-19(22)23-14)28-9-5-8-27-15-7-4-3-6-12(15)10-13(11-20)18(25)26/h3-4,6-7,13H,2,5,8-11H2,1H3,(H,25,26)(H4,21,22,23,24)/t13-/m0/s1. The van der Waals surface area contributed by atoms with Crippen molar-refractivity contribution in [1.82, 2.24) is 9.97 Å². The lowest BCUT2D eigenvalue weighted by Gasteiger charge is -2.15. The number of nitrogen functional groups attached to an aromatic ring is 2. The number of alkyl halides is 1. The number of hydrogen-bond acceptors (Lipinski definition) is 7. The lowest BCUT2D eigenvalue weighted by Crippen LogP contribution is -2.19. The Labute approximate surface area is 162 Å². The number of rotatable bonds is 11. The van der Waals surface area contributed by atoms with Crippen LogP contribution in [0.1, 0.15) is 24.6 Å². The number of carboxylic acid groups (broad SMARTS) is 1. The summed E-state index contributed by atoms with van der Waals surface area (Å²) in [6, 6.07) is 7.00. The number of aromatic nitrogens is 2. The molecule has 0 saturated heterocycles. The largest absolute Gasteiger partial charge is 0.493 e. The summed E-state index contributed by atoms with van der Waals surface area (Å²) in [6.07, 6.45) is 1.22. The monoisotopic (exact) mass is 392 g/mol. The van der Waals surface area contributed by atoms with Crippen molar-refractivity contribution in [2.24, 2.45) is 5.92 Å². The van der Waals surface area contributed by atoms with Crippen LogP contribution in [-0.4, -0.2) is 40.9 Å². The molecule has 0 aliphatic heterocycles. The van der Waals surface area contributed by atoms with Gasteiger partial charge in [0.1, 0.15) is 12.4 Å². The number of para-hydroxylation sites is 1. The summed E-state index contributed by atoms with van der Waals surface area (Å²) in [5.41, 5.74) is 12.7. The van der Waals surface area contributed by atoms with Gasteiger partial charge in [0, 0.05) is 6.42 Å². The summed E-state index contributed by atoms with van der Waals surface area (Å²) in [7, 11) is 0. The molecule has 2 aromatic rings. The molecule has 5 N–H and O–H groups in total. The second-order valence-electron chi connectivity index (χ2n) is 6.15. The van der Waals surface area contributed by atoms with Crippen LogP contribution in [0.5, 0.6) is 11.5 Å². The maximum atomic E-state index is 12.9. The van der Waals surface area contributed by atoms with E-state index < -0.39 is 18.6 Å². The van der Waals surface area contributed by atoms with E-state index in [1.54, 1.807) is 24.3 Å². The molecule has 0 saturated carbocycles. The highest BCUT2D eigenvalue weighted by Crippen LogP contribution is 2.25. The number of aliphatic carboxylic acids is 1. The van der Waals surface area contributed by atoms with Gasteiger partial charge >= 0.3 is 5.97 Å². The van der Waals surface area contributed by atoms with Gasteiger partial charge in [-0.3, -0.25) is 9.18 Å². The van der Waals surface area contributed by atoms with Gasteiger partial charge in [0.25, 0.3) is 0 Å². The summed E-state index contributed by atoms with van der Waals surface area (Å²) in [5, 5.41) is 9.04.